The summed E-state index contributed by atoms with van der Waals surface area (Å²) in [5, 5.41) is 5.74. The maximum Gasteiger partial charge on any atom is 0.339 e. The molecular weight excluding hydrogens is 394 g/mol. The van der Waals surface area contributed by atoms with Gasteiger partial charge in [-0.3, -0.25) is 9.59 Å². The zero-order valence-corrected chi connectivity index (χ0v) is 17.8. The zero-order valence-electron chi connectivity index (χ0n) is 17.8. The molecule has 7 nitrogen and oxygen atoms in total. The minimum absolute atomic E-state index is 0.0232. The monoisotopic (exact) mass is 419 g/mol. The largest absolute Gasteiger partial charge is 0.452 e. The molecule has 1 heterocycles. The first-order valence-corrected chi connectivity index (χ1v) is 10.0. The minimum Gasteiger partial charge on any atom is -0.452 e. The molecule has 0 unspecified atom stereocenters. The fourth-order valence-electron chi connectivity index (χ4n) is 3.03. The zero-order chi connectivity index (χ0) is 22.4. The van der Waals surface area contributed by atoms with Crippen molar-refractivity contribution in [1.29, 1.82) is 0 Å². The standard InChI is InChI=1S/C24H25N3O4/c1-15(2)26-22(28)13-25-23(29)14-31-24(30)19-12-21(17-10-8-16(3)9-11-17)27-20-7-5-4-6-18(19)20/h4-12,15H,13-14H2,1-3H3,(H,25,29)(H,26,28). The number of carbonyl (C=O) groups is 3. The lowest BCUT2D eigenvalue weighted by Gasteiger charge is -2.11. The third kappa shape index (κ3) is 5.88. The molecule has 0 aliphatic carbocycles. The highest BCUT2D eigenvalue weighted by Gasteiger charge is 2.17. The number of aromatic nitrogens is 1. The van der Waals surface area contributed by atoms with Gasteiger partial charge in [0.15, 0.2) is 6.61 Å². The van der Waals surface area contributed by atoms with E-state index in [0.717, 1.165) is 11.1 Å². The van der Waals surface area contributed by atoms with Gasteiger partial charge in [0, 0.05) is 17.0 Å². The molecule has 7 heteroatoms. The summed E-state index contributed by atoms with van der Waals surface area (Å²) in [6, 6.07) is 16.7. The first-order chi connectivity index (χ1) is 14.8. The van der Waals surface area contributed by atoms with Crippen molar-refractivity contribution in [1.82, 2.24) is 15.6 Å². The van der Waals surface area contributed by atoms with Crippen molar-refractivity contribution < 1.29 is 19.1 Å². The second-order valence-corrected chi connectivity index (χ2v) is 7.51. The summed E-state index contributed by atoms with van der Waals surface area (Å²) in [5.41, 5.74) is 3.62. The summed E-state index contributed by atoms with van der Waals surface area (Å²) >= 11 is 0. The Bertz CT molecular complexity index is 1110. The van der Waals surface area contributed by atoms with E-state index < -0.39 is 18.5 Å². The molecule has 0 aliphatic rings. The number of hydrogen-bond donors (Lipinski definition) is 2. The van der Waals surface area contributed by atoms with Gasteiger partial charge >= 0.3 is 5.97 Å². The number of rotatable bonds is 7. The predicted molar refractivity (Wildman–Crippen MR) is 118 cm³/mol. The van der Waals surface area contributed by atoms with E-state index >= 15 is 0 Å². The summed E-state index contributed by atoms with van der Waals surface area (Å²) in [5.74, 6) is -1.49. The van der Waals surface area contributed by atoms with Gasteiger partial charge in [0.2, 0.25) is 5.91 Å². The Morgan fingerprint density at radius 3 is 2.42 bits per heavy atom. The van der Waals surface area contributed by atoms with E-state index in [1.165, 1.54) is 0 Å². The summed E-state index contributed by atoms with van der Waals surface area (Å²) in [6.07, 6.45) is 0. The molecule has 3 rings (SSSR count). The van der Waals surface area contributed by atoms with Crippen LogP contribution in [-0.4, -0.2) is 42.0 Å². The van der Waals surface area contributed by atoms with E-state index in [0.29, 0.717) is 22.2 Å². The lowest BCUT2D eigenvalue weighted by atomic mass is 10.0. The van der Waals surface area contributed by atoms with E-state index in [1.807, 2.05) is 63.2 Å². The smallest absolute Gasteiger partial charge is 0.339 e. The van der Waals surface area contributed by atoms with Gasteiger partial charge < -0.3 is 15.4 Å². The first-order valence-electron chi connectivity index (χ1n) is 10.0. The number of aryl methyl sites for hydroxylation is 1. The molecular formula is C24H25N3O4. The number of para-hydroxylation sites is 1. The maximum absolute atomic E-state index is 12.8. The van der Waals surface area contributed by atoms with Gasteiger partial charge in [-0.2, -0.15) is 0 Å². The Morgan fingerprint density at radius 1 is 1.00 bits per heavy atom. The molecule has 2 amide bonds. The average molecular weight is 419 g/mol. The van der Waals surface area contributed by atoms with Crippen molar-refractivity contribution >= 4 is 28.7 Å². The Morgan fingerprint density at radius 2 is 1.71 bits per heavy atom. The molecule has 0 saturated carbocycles. The predicted octanol–water partition coefficient (Wildman–Crippen LogP) is 3.01. The lowest BCUT2D eigenvalue weighted by Crippen LogP contribution is -2.41. The SMILES string of the molecule is Cc1ccc(-c2cc(C(=O)OCC(=O)NCC(=O)NC(C)C)c3ccccc3n2)cc1. The number of benzene rings is 2. The molecule has 3 aromatic rings. The van der Waals surface area contributed by atoms with Gasteiger partial charge in [0.1, 0.15) is 0 Å². The number of carbonyl (C=O) groups excluding carboxylic acids is 3. The van der Waals surface area contributed by atoms with Gasteiger partial charge in [0.25, 0.3) is 5.91 Å². The van der Waals surface area contributed by atoms with E-state index in [-0.39, 0.29) is 18.5 Å². The van der Waals surface area contributed by atoms with Crippen LogP contribution in [0.4, 0.5) is 0 Å². The number of amides is 2. The number of ether oxygens (including phenoxy) is 1. The molecule has 0 spiro atoms. The van der Waals surface area contributed by atoms with Crippen LogP contribution in [0.2, 0.25) is 0 Å². The van der Waals surface area contributed by atoms with E-state index in [4.69, 9.17) is 4.74 Å². The highest BCUT2D eigenvalue weighted by atomic mass is 16.5. The molecule has 31 heavy (non-hydrogen) atoms. The van der Waals surface area contributed by atoms with Crippen molar-refractivity contribution in [2.45, 2.75) is 26.8 Å². The normalized spacial score (nSPS) is 10.7. The Hall–Kier alpha value is -3.74. The highest BCUT2D eigenvalue weighted by Crippen LogP contribution is 2.25. The quantitative estimate of drug-likeness (QED) is 0.574. The molecule has 0 atom stereocenters. The van der Waals surface area contributed by atoms with E-state index in [1.54, 1.807) is 12.1 Å². The molecule has 0 fully saturated rings. The number of fused-ring (bicyclic) bond motifs is 1. The fraction of sp³-hybridized carbons (Fsp3) is 0.250. The van der Waals surface area contributed by atoms with Crippen LogP contribution in [-0.2, 0) is 14.3 Å². The van der Waals surface area contributed by atoms with Crippen LogP contribution in [0.25, 0.3) is 22.2 Å². The maximum atomic E-state index is 12.8. The van der Waals surface area contributed by atoms with Crippen LogP contribution in [0, 0.1) is 6.92 Å². The molecule has 2 N–H and O–H groups in total. The molecule has 160 valence electrons. The lowest BCUT2D eigenvalue weighted by molar-refractivity contribution is -0.128. The first kappa shape index (κ1) is 22.0. The topological polar surface area (TPSA) is 97.4 Å². The highest BCUT2D eigenvalue weighted by molar-refractivity contribution is 6.05. The van der Waals surface area contributed by atoms with Gasteiger partial charge in [0.05, 0.1) is 23.3 Å². The molecule has 1 aromatic heterocycles. The number of pyridine rings is 1. The number of nitrogens with zero attached hydrogens (tertiary/aromatic N) is 1. The van der Waals surface area contributed by atoms with Crippen LogP contribution in [0.3, 0.4) is 0 Å². The van der Waals surface area contributed by atoms with Crippen molar-refractivity contribution in [2.24, 2.45) is 0 Å². The Kier molecular flexibility index (Phi) is 6.97. The Labute approximate surface area is 180 Å². The van der Waals surface area contributed by atoms with Gasteiger partial charge in [-0.15, -0.1) is 0 Å². The number of esters is 1. The van der Waals surface area contributed by atoms with Crippen LogP contribution < -0.4 is 10.6 Å². The summed E-state index contributed by atoms with van der Waals surface area (Å²) in [7, 11) is 0. The molecule has 0 saturated heterocycles. The molecule has 0 radical (unpaired) electrons. The van der Waals surface area contributed by atoms with Gasteiger partial charge in [-0.1, -0.05) is 48.0 Å². The summed E-state index contributed by atoms with van der Waals surface area (Å²) in [6.45, 7) is 4.99. The summed E-state index contributed by atoms with van der Waals surface area (Å²) in [4.78, 5) is 41.0. The van der Waals surface area contributed by atoms with Crippen LogP contribution in [0.15, 0.2) is 54.6 Å². The third-order valence-corrected chi connectivity index (χ3v) is 4.51. The molecule has 0 bridgehead atoms. The van der Waals surface area contributed by atoms with Crippen LogP contribution >= 0.6 is 0 Å². The minimum atomic E-state index is -0.631. The van der Waals surface area contributed by atoms with Crippen LogP contribution in [0.1, 0.15) is 29.8 Å². The Balaban J connectivity index is 1.75. The van der Waals surface area contributed by atoms with Crippen molar-refractivity contribution in [2.75, 3.05) is 13.2 Å². The number of hydrogen-bond acceptors (Lipinski definition) is 5. The van der Waals surface area contributed by atoms with Gasteiger partial charge in [-0.25, -0.2) is 9.78 Å². The summed E-state index contributed by atoms with van der Waals surface area (Å²) < 4.78 is 5.21. The van der Waals surface area contributed by atoms with Crippen LogP contribution in [0.5, 0.6) is 0 Å². The second-order valence-electron chi connectivity index (χ2n) is 7.51. The molecule has 0 aliphatic heterocycles. The fourth-order valence-corrected chi connectivity index (χ4v) is 3.03. The molecule has 2 aromatic carbocycles. The van der Waals surface area contributed by atoms with E-state index in [2.05, 4.69) is 15.6 Å². The van der Waals surface area contributed by atoms with E-state index in [9.17, 15) is 14.4 Å². The average Bonchev–Trinajstić information content (AvgIpc) is 2.75. The third-order valence-electron chi connectivity index (χ3n) is 4.51. The van der Waals surface area contributed by atoms with Crippen molar-refractivity contribution in [3.8, 4) is 11.3 Å². The second kappa shape index (κ2) is 9.84. The van der Waals surface area contributed by atoms with Crippen molar-refractivity contribution in [3.63, 3.8) is 0 Å². The van der Waals surface area contributed by atoms with Crippen molar-refractivity contribution in [3.05, 3.63) is 65.7 Å². The number of nitrogens with one attached hydrogen (secondary N) is 2. The van der Waals surface area contributed by atoms with Gasteiger partial charge in [-0.05, 0) is 32.9 Å².